The van der Waals surface area contributed by atoms with Crippen LogP contribution in [-0.4, -0.2) is 35.3 Å². The Morgan fingerprint density at radius 1 is 1.05 bits per heavy atom. The average Bonchev–Trinajstić information content (AvgIpc) is 2.28. The van der Waals surface area contributed by atoms with Crippen LogP contribution in [-0.2, 0) is 9.59 Å². The maximum Gasteiger partial charge on any atom is 0.246 e. The lowest BCUT2D eigenvalue weighted by atomic mass is 9.92. The highest BCUT2D eigenvalue weighted by Gasteiger charge is 2.42. The standard InChI is InChI=1S/C15H28N2O2/c1-9(2)7-8-17-13(11(5)6)14(18)16-12(10(3)4)15(17)19/h9-13H,7-8H2,1-6H3,(H,16,18). The van der Waals surface area contributed by atoms with Crippen molar-refractivity contribution in [1.82, 2.24) is 10.2 Å². The number of hydrogen-bond donors (Lipinski definition) is 1. The monoisotopic (exact) mass is 268 g/mol. The number of piperazine rings is 1. The van der Waals surface area contributed by atoms with E-state index in [4.69, 9.17) is 0 Å². The fraction of sp³-hybridized carbons (Fsp3) is 0.867. The molecule has 0 spiro atoms. The van der Waals surface area contributed by atoms with Crippen LogP contribution in [0.4, 0.5) is 0 Å². The second-order valence-electron chi connectivity index (χ2n) is 6.63. The summed E-state index contributed by atoms with van der Waals surface area (Å²) in [6.45, 7) is 12.9. The minimum Gasteiger partial charge on any atom is -0.342 e. The molecule has 0 radical (unpaired) electrons. The number of amides is 2. The van der Waals surface area contributed by atoms with E-state index in [-0.39, 0.29) is 35.7 Å². The van der Waals surface area contributed by atoms with E-state index in [1.54, 1.807) is 4.90 Å². The Kier molecular flexibility index (Phi) is 5.39. The normalized spacial score (nSPS) is 24.6. The highest BCUT2D eigenvalue weighted by atomic mass is 16.2. The van der Waals surface area contributed by atoms with Crippen LogP contribution in [0.3, 0.4) is 0 Å². The zero-order chi connectivity index (χ0) is 14.7. The fourth-order valence-electron chi connectivity index (χ4n) is 2.52. The lowest BCUT2D eigenvalue weighted by Crippen LogP contribution is -2.66. The van der Waals surface area contributed by atoms with Gasteiger partial charge in [0.05, 0.1) is 0 Å². The summed E-state index contributed by atoms with van der Waals surface area (Å²) >= 11 is 0. The summed E-state index contributed by atoms with van der Waals surface area (Å²) in [5.74, 6) is 0.879. The third-order valence-corrected chi connectivity index (χ3v) is 3.70. The van der Waals surface area contributed by atoms with E-state index in [2.05, 4.69) is 19.2 Å². The molecule has 4 nitrogen and oxygen atoms in total. The van der Waals surface area contributed by atoms with Gasteiger partial charge in [-0.15, -0.1) is 0 Å². The zero-order valence-corrected chi connectivity index (χ0v) is 13.1. The topological polar surface area (TPSA) is 49.4 Å². The van der Waals surface area contributed by atoms with Crippen molar-refractivity contribution in [3.05, 3.63) is 0 Å². The molecular formula is C15H28N2O2. The second-order valence-corrected chi connectivity index (χ2v) is 6.63. The Bertz CT molecular complexity index is 337. The first kappa shape index (κ1) is 16.0. The fourth-order valence-corrected chi connectivity index (χ4v) is 2.52. The van der Waals surface area contributed by atoms with Crippen molar-refractivity contribution in [2.24, 2.45) is 17.8 Å². The van der Waals surface area contributed by atoms with Gasteiger partial charge in [-0.3, -0.25) is 9.59 Å². The van der Waals surface area contributed by atoms with Gasteiger partial charge in [0.2, 0.25) is 11.8 Å². The van der Waals surface area contributed by atoms with E-state index in [1.165, 1.54) is 0 Å². The molecule has 0 aliphatic carbocycles. The van der Waals surface area contributed by atoms with Crippen molar-refractivity contribution >= 4 is 11.8 Å². The number of hydrogen-bond acceptors (Lipinski definition) is 2. The molecule has 1 aliphatic rings. The van der Waals surface area contributed by atoms with Crippen molar-refractivity contribution in [3.8, 4) is 0 Å². The van der Waals surface area contributed by atoms with E-state index in [0.29, 0.717) is 12.5 Å². The van der Waals surface area contributed by atoms with Crippen molar-refractivity contribution in [2.75, 3.05) is 6.54 Å². The Labute approximate surface area is 116 Å². The molecule has 1 N–H and O–H groups in total. The van der Waals surface area contributed by atoms with Gasteiger partial charge in [0, 0.05) is 6.54 Å². The molecule has 0 aromatic heterocycles. The minimum atomic E-state index is -0.366. The molecule has 110 valence electrons. The molecule has 2 atom stereocenters. The number of nitrogens with one attached hydrogen (secondary N) is 1. The molecule has 2 amide bonds. The number of carbonyl (C=O) groups excluding carboxylic acids is 2. The van der Waals surface area contributed by atoms with E-state index in [1.807, 2.05) is 27.7 Å². The largest absolute Gasteiger partial charge is 0.342 e. The van der Waals surface area contributed by atoms with Crippen molar-refractivity contribution in [1.29, 1.82) is 0 Å². The molecule has 2 unspecified atom stereocenters. The van der Waals surface area contributed by atoms with Gasteiger partial charge in [-0.05, 0) is 24.2 Å². The average molecular weight is 268 g/mol. The van der Waals surface area contributed by atoms with Crippen LogP contribution >= 0.6 is 0 Å². The predicted molar refractivity (Wildman–Crippen MR) is 76.6 cm³/mol. The molecule has 1 heterocycles. The summed E-state index contributed by atoms with van der Waals surface area (Å²) in [5, 5.41) is 2.88. The molecule has 4 heteroatoms. The molecule has 1 saturated heterocycles. The van der Waals surface area contributed by atoms with E-state index in [9.17, 15) is 9.59 Å². The van der Waals surface area contributed by atoms with E-state index >= 15 is 0 Å². The molecule has 1 rings (SSSR count). The highest BCUT2D eigenvalue weighted by molar-refractivity contribution is 5.97. The summed E-state index contributed by atoms with van der Waals surface area (Å²) in [7, 11) is 0. The van der Waals surface area contributed by atoms with Crippen molar-refractivity contribution in [2.45, 2.75) is 60.0 Å². The molecule has 0 saturated carbocycles. The molecule has 1 aliphatic heterocycles. The van der Waals surface area contributed by atoms with Gasteiger partial charge in [0.25, 0.3) is 0 Å². The molecular weight excluding hydrogens is 240 g/mol. The van der Waals surface area contributed by atoms with Crippen molar-refractivity contribution in [3.63, 3.8) is 0 Å². The Balaban J connectivity index is 2.93. The lowest BCUT2D eigenvalue weighted by Gasteiger charge is -2.42. The first-order valence-corrected chi connectivity index (χ1v) is 7.36. The summed E-state index contributed by atoms with van der Waals surface area (Å²) < 4.78 is 0. The van der Waals surface area contributed by atoms with Gasteiger partial charge < -0.3 is 10.2 Å². The van der Waals surface area contributed by atoms with Gasteiger partial charge in [-0.25, -0.2) is 0 Å². The zero-order valence-electron chi connectivity index (χ0n) is 13.1. The minimum absolute atomic E-state index is 0.00273. The second kappa shape index (κ2) is 6.40. The molecule has 0 aromatic carbocycles. The summed E-state index contributed by atoms with van der Waals surface area (Å²) in [4.78, 5) is 26.6. The Morgan fingerprint density at radius 3 is 2.05 bits per heavy atom. The first-order chi connectivity index (χ1) is 8.75. The van der Waals surface area contributed by atoms with Gasteiger partial charge in [-0.2, -0.15) is 0 Å². The SMILES string of the molecule is CC(C)CCN1C(=O)C(C(C)C)NC(=O)C1C(C)C. The van der Waals surface area contributed by atoms with Crippen LogP contribution in [0.1, 0.15) is 48.0 Å². The van der Waals surface area contributed by atoms with Gasteiger partial charge in [0.15, 0.2) is 0 Å². The molecule has 19 heavy (non-hydrogen) atoms. The third kappa shape index (κ3) is 3.71. The number of nitrogens with zero attached hydrogens (tertiary/aromatic N) is 1. The first-order valence-electron chi connectivity index (χ1n) is 7.36. The predicted octanol–water partition coefficient (Wildman–Crippen LogP) is 2.04. The van der Waals surface area contributed by atoms with Crippen LogP contribution in [0.2, 0.25) is 0 Å². The maximum atomic E-state index is 12.6. The van der Waals surface area contributed by atoms with Crippen molar-refractivity contribution < 1.29 is 9.59 Å². The summed E-state index contributed by atoms with van der Waals surface area (Å²) in [6.07, 6.45) is 0.938. The van der Waals surface area contributed by atoms with E-state index < -0.39 is 0 Å². The molecule has 1 fully saturated rings. The molecule has 0 bridgehead atoms. The summed E-state index contributed by atoms with van der Waals surface area (Å²) in [5.41, 5.74) is 0. The van der Waals surface area contributed by atoms with Gasteiger partial charge >= 0.3 is 0 Å². The van der Waals surface area contributed by atoms with Gasteiger partial charge in [-0.1, -0.05) is 41.5 Å². The van der Waals surface area contributed by atoms with Crippen LogP contribution in [0.15, 0.2) is 0 Å². The highest BCUT2D eigenvalue weighted by Crippen LogP contribution is 2.21. The van der Waals surface area contributed by atoms with Crippen LogP contribution in [0, 0.1) is 17.8 Å². The number of rotatable bonds is 5. The maximum absolute atomic E-state index is 12.6. The summed E-state index contributed by atoms with van der Waals surface area (Å²) in [6, 6.07) is -0.684. The van der Waals surface area contributed by atoms with E-state index in [0.717, 1.165) is 6.42 Å². The Morgan fingerprint density at radius 2 is 1.63 bits per heavy atom. The van der Waals surface area contributed by atoms with Crippen LogP contribution < -0.4 is 5.32 Å². The van der Waals surface area contributed by atoms with Crippen LogP contribution in [0.5, 0.6) is 0 Å². The number of carbonyl (C=O) groups is 2. The smallest absolute Gasteiger partial charge is 0.246 e. The third-order valence-electron chi connectivity index (χ3n) is 3.70. The molecule has 0 aromatic rings. The van der Waals surface area contributed by atoms with Gasteiger partial charge in [0.1, 0.15) is 12.1 Å². The lowest BCUT2D eigenvalue weighted by molar-refractivity contribution is -0.152. The quantitative estimate of drug-likeness (QED) is 0.829. The van der Waals surface area contributed by atoms with Crippen LogP contribution in [0.25, 0.3) is 0 Å². The Hall–Kier alpha value is -1.06.